The maximum absolute atomic E-state index is 14.4. The number of rotatable bonds is 6. The van der Waals surface area contributed by atoms with E-state index in [4.69, 9.17) is 0 Å². The van der Waals surface area contributed by atoms with Crippen molar-refractivity contribution >= 4 is 17.1 Å². The molecule has 0 aliphatic heterocycles. The zero-order valence-electron chi connectivity index (χ0n) is 14.6. The molecule has 4 nitrogen and oxygen atoms in total. The summed E-state index contributed by atoms with van der Waals surface area (Å²) >= 11 is 0. The van der Waals surface area contributed by atoms with Crippen LogP contribution >= 0.6 is 0 Å². The van der Waals surface area contributed by atoms with Crippen molar-refractivity contribution in [1.82, 2.24) is 9.97 Å². The summed E-state index contributed by atoms with van der Waals surface area (Å²) in [6, 6.07) is 9.76. The van der Waals surface area contributed by atoms with E-state index in [1.54, 1.807) is 37.4 Å². The Kier molecular flexibility index (Phi) is 5.58. The van der Waals surface area contributed by atoms with Gasteiger partial charge in [0.2, 0.25) is 0 Å². The lowest BCUT2D eigenvalue weighted by Crippen LogP contribution is -1.97. The third-order valence-corrected chi connectivity index (χ3v) is 4.11. The van der Waals surface area contributed by atoms with Crippen LogP contribution in [-0.2, 0) is 0 Å². The number of aromatic nitrogens is 2. The summed E-state index contributed by atoms with van der Waals surface area (Å²) in [5, 5.41) is 18.7. The quantitative estimate of drug-likeness (QED) is 0.631. The average molecular weight is 352 g/mol. The van der Waals surface area contributed by atoms with Crippen LogP contribution in [0.5, 0.6) is 5.75 Å². The van der Waals surface area contributed by atoms with Crippen LogP contribution in [0.4, 0.5) is 4.39 Å². The van der Waals surface area contributed by atoms with Crippen molar-refractivity contribution in [3.05, 3.63) is 60.1 Å². The fraction of sp³-hybridized carbons (Fsp3) is 0.238. The van der Waals surface area contributed by atoms with Crippen molar-refractivity contribution in [1.29, 1.82) is 0 Å². The number of unbranched alkanes of at least 4 members (excludes halogenated alkanes) is 1. The van der Waals surface area contributed by atoms with Gasteiger partial charge in [0.15, 0.2) is 0 Å². The molecule has 1 aromatic heterocycles. The smallest absolute Gasteiger partial charge is 0.131 e. The third-order valence-electron chi connectivity index (χ3n) is 4.11. The first-order valence-electron chi connectivity index (χ1n) is 8.63. The average Bonchev–Trinajstić information content (AvgIpc) is 2.62. The molecular weight excluding hydrogens is 331 g/mol. The van der Waals surface area contributed by atoms with E-state index < -0.39 is 0 Å². The molecule has 0 amide bonds. The Morgan fingerprint density at radius 3 is 2.77 bits per heavy atom. The van der Waals surface area contributed by atoms with Gasteiger partial charge in [0, 0.05) is 17.2 Å². The van der Waals surface area contributed by atoms with Crippen molar-refractivity contribution < 1.29 is 14.6 Å². The number of benzene rings is 2. The van der Waals surface area contributed by atoms with Gasteiger partial charge in [-0.05, 0) is 44.4 Å². The molecule has 2 aromatic carbocycles. The molecule has 26 heavy (non-hydrogen) atoms. The highest BCUT2D eigenvalue weighted by molar-refractivity contribution is 5.78. The number of aliphatic hydroxyl groups is 1. The molecule has 0 radical (unpaired) electrons. The van der Waals surface area contributed by atoms with Gasteiger partial charge >= 0.3 is 0 Å². The van der Waals surface area contributed by atoms with E-state index >= 15 is 0 Å². The second kappa shape index (κ2) is 8.06. The number of phenolic OH excluding ortho intramolecular Hbond substituents is 1. The number of halogens is 1. The maximum Gasteiger partial charge on any atom is 0.131 e. The molecule has 134 valence electrons. The van der Waals surface area contributed by atoms with Gasteiger partial charge in [-0.3, -0.25) is 4.98 Å². The molecule has 0 aliphatic rings. The summed E-state index contributed by atoms with van der Waals surface area (Å²) in [5.41, 5.74) is 2.98. The topological polar surface area (TPSA) is 66.2 Å². The first-order chi connectivity index (χ1) is 12.5. The zero-order valence-corrected chi connectivity index (χ0v) is 14.6. The molecule has 1 heterocycles. The van der Waals surface area contributed by atoms with E-state index in [2.05, 4.69) is 9.97 Å². The van der Waals surface area contributed by atoms with Crippen molar-refractivity contribution in [2.45, 2.75) is 32.3 Å². The minimum atomic E-state index is -0.318. The highest BCUT2D eigenvalue weighted by Crippen LogP contribution is 2.24. The Hall–Kier alpha value is -2.79. The van der Waals surface area contributed by atoms with Crippen LogP contribution in [0.1, 0.15) is 31.7 Å². The second-order valence-electron chi connectivity index (χ2n) is 6.35. The molecule has 0 spiro atoms. The lowest BCUT2D eigenvalue weighted by Gasteiger charge is -2.05. The Bertz CT molecular complexity index is 938. The molecule has 0 bridgehead atoms. The predicted octanol–water partition coefficient (Wildman–Crippen LogP) is 4.71. The molecule has 3 rings (SSSR count). The number of fused-ring (bicyclic) bond motifs is 1. The van der Waals surface area contributed by atoms with Gasteiger partial charge in [-0.2, -0.15) is 0 Å². The van der Waals surface area contributed by atoms with Crippen molar-refractivity contribution in [2.75, 3.05) is 0 Å². The van der Waals surface area contributed by atoms with E-state index in [9.17, 15) is 14.6 Å². The summed E-state index contributed by atoms with van der Waals surface area (Å²) in [6.07, 6.45) is 7.36. The Morgan fingerprint density at radius 1 is 1.15 bits per heavy atom. The van der Waals surface area contributed by atoms with Crippen LogP contribution in [0.15, 0.2) is 48.7 Å². The molecule has 2 N–H and O–H groups in total. The molecule has 3 aromatic rings. The van der Waals surface area contributed by atoms with E-state index in [-0.39, 0.29) is 17.7 Å². The number of nitrogens with zero attached hydrogens (tertiary/aromatic N) is 2. The maximum atomic E-state index is 14.4. The molecular formula is C21H21FN2O2. The number of allylic oxidation sites excluding steroid dienone is 1. The molecule has 1 atom stereocenters. The van der Waals surface area contributed by atoms with Gasteiger partial charge in [0.25, 0.3) is 0 Å². The fourth-order valence-corrected chi connectivity index (χ4v) is 2.70. The second-order valence-corrected chi connectivity index (χ2v) is 6.35. The van der Waals surface area contributed by atoms with Gasteiger partial charge in [0.05, 0.1) is 29.0 Å². The summed E-state index contributed by atoms with van der Waals surface area (Å²) in [7, 11) is 0. The Morgan fingerprint density at radius 2 is 2.00 bits per heavy atom. The van der Waals surface area contributed by atoms with Crippen molar-refractivity contribution in [2.24, 2.45) is 0 Å². The summed E-state index contributed by atoms with van der Waals surface area (Å²) in [5.74, 6) is -0.183. The normalized spacial score (nSPS) is 12.7. The van der Waals surface area contributed by atoms with Gasteiger partial charge in [-0.15, -0.1) is 0 Å². The first kappa shape index (κ1) is 18.0. The summed E-state index contributed by atoms with van der Waals surface area (Å²) in [4.78, 5) is 8.75. The van der Waals surface area contributed by atoms with Crippen LogP contribution < -0.4 is 0 Å². The molecule has 0 aliphatic carbocycles. The van der Waals surface area contributed by atoms with E-state index in [0.29, 0.717) is 27.9 Å². The molecule has 0 fully saturated rings. The number of hydrogen-bond donors (Lipinski definition) is 2. The Labute approximate surface area is 151 Å². The van der Waals surface area contributed by atoms with Crippen LogP contribution in [-0.4, -0.2) is 26.3 Å². The fourth-order valence-electron chi connectivity index (χ4n) is 2.70. The van der Waals surface area contributed by atoms with Gasteiger partial charge in [-0.1, -0.05) is 24.3 Å². The van der Waals surface area contributed by atoms with Crippen LogP contribution in [0.3, 0.4) is 0 Å². The SMILES string of the molecule is CC(O)CCCC=Cc1ccc(-c2cnc3cc(O)ccc3n2)cc1F. The molecule has 5 heteroatoms. The summed E-state index contributed by atoms with van der Waals surface area (Å²) in [6.45, 7) is 1.76. The van der Waals surface area contributed by atoms with Crippen molar-refractivity contribution in [3.63, 3.8) is 0 Å². The van der Waals surface area contributed by atoms with Crippen LogP contribution in [0, 0.1) is 5.82 Å². The predicted molar refractivity (Wildman–Crippen MR) is 101 cm³/mol. The third kappa shape index (κ3) is 4.43. The van der Waals surface area contributed by atoms with Gasteiger partial charge < -0.3 is 10.2 Å². The number of aliphatic hydroxyl groups excluding tert-OH is 1. The molecule has 1 unspecified atom stereocenters. The zero-order chi connectivity index (χ0) is 18.5. The largest absolute Gasteiger partial charge is 0.508 e. The first-order valence-corrected chi connectivity index (χ1v) is 8.63. The molecule has 0 saturated carbocycles. The lowest BCUT2D eigenvalue weighted by atomic mass is 10.1. The standard InChI is InChI=1S/C21H21FN2O2/c1-14(25)5-3-2-4-6-15-7-8-16(11-18(15)22)21-13-23-20-12-17(26)9-10-19(20)24-21/h4,6-14,25-26H,2-3,5H2,1H3. The number of aromatic hydroxyl groups is 1. The lowest BCUT2D eigenvalue weighted by molar-refractivity contribution is 0.182. The highest BCUT2D eigenvalue weighted by Gasteiger charge is 2.07. The minimum Gasteiger partial charge on any atom is -0.508 e. The van der Waals surface area contributed by atoms with E-state index in [1.807, 2.05) is 12.1 Å². The van der Waals surface area contributed by atoms with Gasteiger partial charge in [-0.25, -0.2) is 9.37 Å². The van der Waals surface area contributed by atoms with Crippen LogP contribution in [0.25, 0.3) is 28.4 Å². The van der Waals surface area contributed by atoms with E-state index in [1.165, 1.54) is 12.1 Å². The van der Waals surface area contributed by atoms with Crippen LogP contribution in [0.2, 0.25) is 0 Å². The number of hydrogen-bond acceptors (Lipinski definition) is 4. The highest BCUT2D eigenvalue weighted by atomic mass is 19.1. The monoisotopic (exact) mass is 352 g/mol. The Balaban J connectivity index is 1.76. The number of phenols is 1. The van der Waals surface area contributed by atoms with Crippen molar-refractivity contribution in [3.8, 4) is 17.0 Å². The summed E-state index contributed by atoms with van der Waals surface area (Å²) < 4.78 is 14.4. The van der Waals surface area contributed by atoms with Gasteiger partial charge in [0.1, 0.15) is 11.6 Å². The van der Waals surface area contributed by atoms with E-state index in [0.717, 1.165) is 19.3 Å². The minimum absolute atomic E-state index is 0.134. The molecule has 0 saturated heterocycles.